The third kappa shape index (κ3) is 7.06. The fraction of sp³-hybridized carbons (Fsp3) is 0.185. The fourth-order valence-electron chi connectivity index (χ4n) is 3.57. The summed E-state index contributed by atoms with van der Waals surface area (Å²) in [6, 6.07) is 19.6. The molecule has 0 bridgehead atoms. The molecule has 0 spiro atoms. The number of anilines is 1. The molecular formula is C27H25Cl2N5O3S. The van der Waals surface area contributed by atoms with Gasteiger partial charge in [-0.25, -0.2) is 0 Å². The van der Waals surface area contributed by atoms with E-state index in [-0.39, 0.29) is 24.1 Å². The number of nitrogens with one attached hydrogen (secondary N) is 2. The molecule has 0 atom stereocenters. The van der Waals surface area contributed by atoms with Gasteiger partial charge in [0.15, 0.2) is 11.0 Å². The Bertz CT molecular complexity index is 1440. The molecule has 0 unspecified atom stereocenters. The number of carbonyl (C=O) groups is 2. The van der Waals surface area contributed by atoms with Crippen LogP contribution in [0.3, 0.4) is 0 Å². The Morgan fingerprint density at radius 1 is 1.00 bits per heavy atom. The molecule has 0 aliphatic heterocycles. The van der Waals surface area contributed by atoms with Crippen LogP contribution in [0, 0.1) is 6.92 Å². The molecule has 0 saturated carbocycles. The molecule has 1 heterocycles. The number of carbonyl (C=O) groups excluding carboxylic acids is 2. The Morgan fingerprint density at radius 3 is 2.50 bits per heavy atom. The molecule has 4 aromatic rings. The molecule has 4 rings (SSSR count). The van der Waals surface area contributed by atoms with Crippen LogP contribution < -0.4 is 15.4 Å². The lowest BCUT2D eigenvalue weighted by atomic mass is 10.1. The SMILES string of the molecule is CCOc1ccc(NC(=O)CSc2nnc(CNC(=O)c3cccc(C)c3)n2-c2ccc(Cl)c(Cl)c2)cc1. The van der Waals surface area contributed by atoms with Crippen molar-refractivity contribution in [2.45, 2.75) is 25.5 Å². The highest BCUT2D eigenvalue weighted by Gasteiger charge is 2.18. The molecule has 0 saturated heterocycles. The molecule has 38 heavy (non-hydrogen) atoms. The number of nitrogens with zero attached hydrogens (tertiary/aromatic N) is 3. The topological polar surface area (TPSA) is 98.1 Å². The molecule has 196 valence electrons. The van der Waals surface area contributed by atoms with Gasteiger partial charge in [-0.05, 0) is 68.4 Å². The lowest BCUT2D eigenvalue weighted by Gasteiger charge is -2.12. The van der Waals surface area contributed by atoms with Crippen molar-refractivity contribution < 1.29 is 14.3 Å². The van der Waals surface area contributed by atoms with Gasteiger partial charge in [0.1, 0.15) is 5.75 Å². The summed E-state index contributed by atoms with van der Waals surface area (Å²) in [5.74, 6) is 0.844. The fourth-order valence-corrected chi connectivity index (χ4v) is 4.63. The van der Waals surface area contributed by atoms with Crippen LogP contribution in [0.15, 0.2) is 71.9 Å². The summed E-state index contributed by atoms with van der Waals surface area (Å²) in [7, 11) is 0. The average molecular weight is 571 g/mol. The van der Waals surface area contributed by atoms with Crippen LogP contribution in [-0.4, -0.2) is 38.9 Å². The van der Waals surface area contributed by atoms with Crippen LogP contribution in [0.4, 0.5) is 5.69 Å². The summed E-state index contributed by atoms with van der Waals surface area (Å²) in [5.41, 5.74) is 2.84. The standard InChI is InChI=1S/C27H25Cl2N5O3S/c1-3-37-21-10-7-19(8-11-21)31-25(35)16-38-27-33-32-24(34(27)20-9-12-22(28)23(29)14-20)15-30-26(36)18-6-4-5-17(2)13-18/h4-14H,3,15-16H2,1-2H3,(H,30,36)(H,31,35). The van der Waals surface area contributed by atoms with E-state index in [0.29, 0.717) is 44.6 Å². The molecule has 0 radical (unpaired) electrons. The first-order valence-electron chi connectivity index (χ1n) is 11.7. The maximum atomic E-state index is 12.7. The van der Waals surface area contributed by atoms with Crippen molar-refractivity contribution in [1.82, 2.24) is 20.1 Å². The summed E-state index contributed by atoms with van der Waals surface area (Å²) < 4.78 is 7.17. The number of amides is 2. The van der Waals surface area contributed by atoms with Gasteiger partial charge in [-0.2, -0.15) is 0 Å². The van der Waals surface area contributed by atoms with E-state index in [1.165, 1.54) is 11.8 Å². The van der Waals surface area contributed by atoms with Gasteiger partial charge in [0.2, 0.25) is 5.91 Å². The normalized spacial score (nSPS) is 10.7. The van der Waals surface area contributed by atoms with Crippen molar-refractivity contribution in [3.05, 3.63) is 93.7 Å². The van der Waals surface area contributed by atoms with E-state index >= 15 is 0 Å². The van der Waals surface area contributed by atoms with Crippen LogP contribution in [0.25, 0.3) is 5.69 Å². The van der Waals surface area contributed by atoms with Crippen LogP contribution >= 0.6 is 35.0 Å². The van der Waals surface area contributed by atoms with E-state index in [1.54, 1.807) is 53.1 Å². The molecule has 0 fully saturated rings. The third-order valence-corrected chi connectivity index (χ3v) is 7.00. The van der Waals surface area contributed by atoms with E-state index in [1.807, 2.05) is 32.0 Å². The van der Waals surface area contributed by atoms with E-state index in [4.69, 9.17) is 27.9 Å². The summed E-state index contributed by atoms with van der Waals surface area (Å²) in [5, 5.41) is 15.5. The van der Waals surface area contributed by atoms with E-state index in [0.717, 1.165) is 11.3 Å². The second-order valence-corrected chi connectivity index (χ2v) is 9.94. The second kappa shape index (κ2) is 12.8. The Labute approximate surface area is 234 Å². The number of benzene rings is 3. The summed E-state index contributed by atoms with van der Waals surface area (Å²) in [4.78, 5) is 25.3. The molecule has 0 aliphatic carbocycles. The van der Waals surface area contributed by atoms with Gasteiger partial charge in [-0.15, -0.1) is 10.2 Å². The van der Waals surface area contributed by atoms with E-state index in [2.05, 4.69) is 20.8 Å². The lowest BCUT2D eigenvalue weighted by molar-refractivity contribution is -0.113. The van der Waals surface area contributed by atoms with Gasteiger partial charge in [-0.1, -0.05) is 52.7 Å². The monoisotopic (exact) mass is 569 g/mol. The smallest absolute Gasteiger partial charge is 0.251 e. The molecular weight excluding hydrogens is 545 g/mol. The van der Waals surface area contributed by atoms with Crippen LogP contribution in [-0.2, 0) is 11.3 Å². The number of halogens is 2. The van der Waals surface area contributed by atoms with Gasteiger partial charge < -0.3 is 15.4 Å². The number of hydrogen-bond donors (Lipinski definition) is 2. The minimum Gasteiger partial charge on any atom is -0.494 e. The zero-order valence-electron chi connectivity index (χ0n) is 20.7. The Hall–Kier alpha value is -3.53. The average Bonchev–Trinajstić information content (AvgIpc) is 3.31. The molecule has 0 aliphatic rings. The quantitative estimate of drug-likeness (QED) is 0.229. The maximum Gasteiger partial charge on any atom is 0.251 e. The van der Waals surface area contributed by atoms with Crippen molar-refractivity contribution in [3.8, 4) is 11.4 Å². The molecule has 8 nitrogen and oxygen atoms in total. The van der Waals surface area contributed by atoms with E-state index in [9.17, 15) is 9.59 Å². The van der Waals surface area contributed by atoms with Crippen molar-refractivity contribution in [2.75, 3.05) is 17.7 Å². The third-order valence-electron chi connectivity index (χ3n) is 5.33. The number of ether oxygens (including phenoxy) is 1. The van der Waals surface area contributed by atoms with Crippen molar-refractivity contribution in [3.63, 3.8) is 0 Å². The predicted octanol–water partition coefficient (Wildman–Crippen LogP) is 5.94. The molecule has 11 heteroatoms. The first kappa shape index (κ1) is 27.5. The highest BCUT2D eigenvalue weighted by molar-refractivity contribution is 7.99. The number of hydrogen-bond acceptors (Lipinski definition) is 6. The summed E-state index contributed by atoms with van der Waals surface area (Å²) >= 11 is 13.6. The minimum absolute atomic E-state index is 0.0856. The van der Waals surface area contributed by atoms with Crippen molar-refractivity contribution >= 4 is 52.5 Å². The first-order valence-corrected chi connectivity index (χ1v) is 13.5. The zero-order chi connectivity index (χ0) is 27.1. The number of rotatable bonds is 10. The molecule has 2 amide bonds. The largest absolute Gasteiger partial charge is 0.494 e. The van der Waals surface area contributed by atoms with Gasteiger partial charge in [0, 0.05) is 11.3 Å². The van der Waals surface area contributed by atoms with Crippen molar-refractivity contribution in [1.29, 1.82) is 0 Å². The Morgan fingerprint density at radius 2 is 1.79 bits per heavy atom. The predicted molar refractivity (Wildman–Crippen MR) is 151 cm³/mol. The van der Waals surface area contributed by atoms with Crippen LogP contribution in [0.2, 0.25) is 10.0 Å². The molecule has 1 aromatic heterocycles. The van der Waals surface area contributed by atoms with Gasteiger partial charge >= 0.3 is 0 Å². The number of thioether (sulfide) groups is 1. The van der Waals surface area contributed by atoms with Crippen LogP contribution in [0.1, 0.15) is 28.7 Å². The van der Waals surface area contributed by atoms with Gasteiger partial charge in [0.05, 0.1) is 34.6 Å². The minimum atomic E-state index is -0.235. The highest BCUT2D eigenvalue weighted by Crippen LogP contribution is 2.28. The van der Waals surface area contributed by atoms with E-state index < -0.39 is 0 Å². The second-order valence-electron chi connectivity index (χ2n) is 8.18. The first-order chi connectivity index (χ1) is 18.3. The number of aryl methyl sites for hydroxylation is 1. The van der Waals surface area contributed by atoms with Gasteiger partial charge in [-0.3, -0.25) is 14.2 Å². The molecule has 2 N–H and O–H groups in total. The summed E-state index contributed by atoms with van der Waals surface area (Å²) in [6.45, 7) is 4.51. The number of aromatic nitrogens is 3. The van der Waals surface area contributed by atoms with Crippen LogP contribution in [0.5, 0.6) is 5.75 Å². The Kier molecular flexibility index (Phi) is 9.28. The maximum absolute atomic E-state index is 12.7. The summed E-state index contributed by atoms with van der Waals surface area (Å²) in [6.07, 6.45) is 0. The lowest BCUT2D eigenvalue weighted by Crippen LogP contribution is -2.24. The highest BCUT2D eigenvalue weighted by atomic mass is 35.5. The zero-order valence-corrected chi connectivity index (χ0v) is 23.0. The van der Waals surface area contributed by atoms with Crippen molar-refractivity contribution in [2.24, 2.45) is 0 Å². The molecule has 3 aromatic carbocycles. The Balaban J connectivity index is 1.49. The van der Waals surface area contributed by atoms with Gasteiger partial charge in [0.25, 0.3) is 5.91 Å².